The summed E-state index contributed by atoms with van der Waals surface area (Å²) in [6, 6.07) is 7.53. The van der Waals surface area contributed by atoms with Gasteiger partial charge >= 0.3 is 5.82 Å². The van der Waals surface area contributed by atoms with Crippen LogP contribution in [0.25, 0.3) is 11.4 Å². The summed E-state index contributed by atoms with van der Waals surface area (Å²) in [4.78, 5) is 0. The first-order valence-electron chi connectivity index (χ1n) is 4.50. The quantitative estimate of drug-likeness (QED) is 0.530. The Hall–Kier alpha value is -2.17. The van der Waals surface area contributed by atoms with E-state index in [1.807, 2.05) is 24.3 Å². The zero-order valence-electron chi connectivity index (χ0n) is 8.42. The minimum absolute atomic E-state index is 0.734. The molecule has 15 heavy (non-hydrogen) atoms. The van der Waals surface area contributed by atoms with Gasteiger partial charge in [-0.25, -0.2) is 0 Å². The van der Waals surface area contributed by atoms with Crippen LogP contribution in [-0.4, -0.2) is 11.8 Å². The lowest BCUT2D eigenvalue weighted by atomic mass is 10.2. The maximum absolute atomic E-state index is 5.73. The van der Waals surface area contributed by atoms with E-state index in [4.69, 9.17) is 16.4 Å². The third kappa shape index (κ3) is 1.59. The molecular formula is C10H13N4O+. The van der Waals surface area contributed by atoms with Gasteiger partial charge in [0, 0.05) is 0 Å². The highest BCUT2D eigenvalue weighted by Crippen LogP contribution is 2.18. The van der Waals surface area contributed by atoms with Crippen LogP contribution in [0.15, 0.2) is 36.7 Å². The molecule has 0 fully saturated rings. The maximum atomic E-state index is 5.73. The molecule has 2 aromatic rings. The molecule has 0 radical (unpaired) electrons. The van der Waals surface area contributed by atoms with E-state index in [9.17, 15) is 0 Å². The number of imidazole rings is 1. The Kier molecular flexibility index (Phi) is 2.21. The average molecular weight is 205 g/mol. The van der Waals surface area contributed by atoms with Crippen LogP contribution in [0.5, 0.6) is 5.75 Å². The van der Waals surface area contributed by atoms with Gasteiger partial charge in [-0.3, -0.25) is 11.7 Å². The standard InChI is InChI=1S/C10H13N4O/c1-15-9-4-2-8(3-5-9)10-13(11)6-7-14(10)12/h2-7H,11-12H2,1H3/q+1. The fraction of sp³-hybridized carbons (Fsp3) is 0.100. The highest BCUT2D eigenvalue weighted by atomic mass is 16.5. The first-order chi connectivity index (χ1) is 7.22. The van der Waals surface area contributed by atoms with Crippen LogP contribution < -0.4 is 21.1 Å². The van der Waals surface area contributed by atoms with Gasteiger partial charge in [0.25, 0.3) is 0 Å². The number of ether oxygens (including phenoxy) is 1. The summed E-state index contributed by atoms with van der Waals surface area (Å²) < 4.78 is 8.02. The maximum Gasteiger partial charge on any atom is 0.335 e. The first-order valence-corrected chi connectivity index (χ1v) is 4.50. The largest absolute Gasteiger partial charge is 0.497 e. The molecule has 0 atom stereocenters. The van der Waals surface area contributed by atoms with Crippen LogP contribution in [-0.2, 0) is 0 Å². The summed E-state index contributed by atoms with van der Waals surface area (Å²) in [5.41, 5.74) is 0.936. The molecule has 1 aromatic heterocycles. The number of nitrogen functional groups attached to an aromatic ring is 2. The molecule has 1 aromatic carbocycles. The van der Waals surface area contributed by atoms with Crippen LogP contribution in [0.4, 0.5) is 0 Å². The molecule has 5 nitrogen and oxygen atoms in total. The second-order valence-corrected chi connectivity index (χ2v) is 3.16. The predicted octanol–water partition coefficient (Wildman–Crippen LogP) is -0.121. The number of aromatic nitrogens is 2. The van der Waals surface area contributed by atoms with Gasteiger partial charge in [0.05, 0.1) is 12.7 Å². The van der Waals surface area contributed by atoms with Gasteiger partial charge in [-0.2, -0.15) is 0 Å². The Balaban J connectivity index is 2.45. The van der Waals surface area contributed by atoms with Crippen molar-refractivity contribution < 1.29 is 9.41 Å². The van der Waals surface area contributed by atoms with Gasteiger partial charge in [-0.15, -0.1) is 9.35 Å². The Morgan fingerprint density at radius 3 is 2.40 bits per heavy atom. The normalized spacial score (nSPS) is 10.2. The number of methoxy groups -OCH3 is 1. The smallest absolute Gasteiger partial charge is 0.335 e. The van der Waals surface area contributed by atoms with Crippen molar-refractivity contribution in [2.75, 3.05) is 18.8 Å². The molecule has 0 aliphatic rings. The van der Waals surface area contributed by atoms with Crippen molar-refractivity contribution >= 4 is 0 Å². The Morgan fingerprint density at radius 2 is 1.93 bits per heavy atom. The Morgan fingerprint density at radius 1 is 1.27 bits per heavy atom. The summed E-state index contributed by atoms with van der Waals surface area (Å²) in [5, 5.41) is 0. The van der Waals surface area contributed by atoms with Gasteiger partial charge < -0.3 is 4.74 Å². The third-order valence-corrected chi connectivity index (χ3v) is 2.23. The van der Waals surface area contributed by atoms with Crippen molar-refractivity contribution in [3.05, 3.63) is 36.7 Å². The fourth-order valence-electron chi connectivity index (χ4n) is 1.46. The molecule has 0 saturated heterocycles. The van der Waals surface area contributed by atoms with E-state index >= 15 is 0 Å². The van der Waals surface area contributed by atoms with Crippen LogP contribution in [0.3, 0.4) is 0 Å². The van der Waals surface area contributed by atoms with E-state index in [2.05, 4.69) is 0 Å². The number of hydrogen-bond acceptors (Lipinski definition) is 3. The van der Waals surface area contributed by atoms with Gasteiger partial charge in [0.15, 0.2) is 12.4 Å². The second-order valence-electron chi connectivity index (χ2n) is 3.16. The molecule has 1 heterocycles. The van der Waals surface area contributed by atoms with E-state index in [1.165, 1.54) is 9.35 Å². The minimum atomic E-state index is 0.734. The number of benzene rings is 1. The van der Waals surface area contributed by atoms with E-state index < -0.39 is 0 Å². The van der Waals surface area contributed by atoms with E-state index in [0.717, 1.165) is 17.1 Å². The molecule has 5 heteroatoms. The SMILES string of the molecule is COc1ccc(-c2n(N)cc[n+]2N)cc1. The molecule has 0 aliphatic carbocycles. The van der Waals surface area contributed by atoms with Gasteiger partial charge in [0.1, 0.15) is 5.75 Å². The van der Waals surface area contributed by atoms with Crippen LogP contribution in [0.1, 0.15) is 0 Å². The number of nitrogens with zero attached hydrogens (tertiary/aromatic N) is 2. The van der Waals surface area contributed by atoms with Gasteiger partial charge in [-0.1, -0.05) is 0 Å². The molecule has 0 spiro atoms. The molecule has 0 unspecified atom stereocenters. The monoisotopic (exact) mass is 205 g/mol. The third-order valence-electron chi connectivity index (χ3n) is 2.23. The van der Waals surface area contributed by atoms with Crippen molar-refractivity contribution in [1.29, 1.82) is 0 Å². The molecule has 78 valence electrons. The van der Waals surface area contributed by atoms with E-state index in [0.29, 0.717) is 0 Å². The summed E-state index contributed by atoms with van der Waals surface area (Å²) in [6.07, 6.45) is 3.39. The van der Waals surface area contributed by atoms with Crippen molar-refractivity contribution in [2.24, 2.45) is 0 Å². The van der Waals surface area contributed by atoms with Crippen molar-refractivity contribution in [2.45, 2.75) is 0 Å². The zero-order chi connectivity index (χ0) is 10.8. The van der Waals surface area contributed by atoms with Crippen LogP contribution in [0, 0.1) is 0 Å². The highest BCUT2D eigenvalue weighted by Gasteiger charge is 2.15. The summed E-state index contributed by atoms with van der Waals surface area (Å²) in [6.45, 7) is 0. The summed E-state index contributed by atoms with van der Waals surface area (Å²) in [7, 11) is 1.63. The minimum Gasteiger partial charge on any atom is -0.497 e. The van der Waals surface area contributed by atoms with E-state index in [1.54, 1.807) is 19.5 Å². The van der Waals surface area contributed by atoms with Gasteiger partial charge in [-0.05, 0) is 24.3 Å². The number of hydrogen-bond donors (Lipinski definition) is 2. The Labute approximate surface area is 87.4 Å². The lowest BCUT2D eigenvalue weighted by molar-refractivity contribution is -0.626. The first kappa shape index (κ1) is 9.39. The topological polar surface area (TPSA) is 70.1 Å². The lowest BCUT2D eigenvalue weighted by Crippen LogP contribution is -2.45. The van der Waals surface area contributed by atoms with Crippen molar-refractivity contribution in [1.82, 2.24) is 4.68 Å². The predicted molar refractivity (Wildman–Crippen MR) is 56.9 cm³/mol. The number of nitrogens with two attached hydrogens (primary N) is 2. The molecule has 0 saturated carbocycles. The van der Waals surface area contributed by atoms with Gasteiger partial charge in [0.2, 0.25) is 0 Å². The fourth-order valence-corrected chi connectivity index (χ4v) is 1.46. The molecular weight excluding hydrogens is 192 g/mol. The molecule has 4 N–H and O–H groups in total. The van der Waals surface area contributed by atoms with Crippen LogP contribution in [0.2, 0.25) is 0 Å². The lowest BCUT2D eigenvalue weighted by Gasteiger charge is -2.00. The molecule has 0 aliphatic heterocycles. The number of rotatable bonds is 2. The van der Waals surface area contributed by atoms with Crippen LogP contribution >= 0.6 is 0 Å². The Bertz CT molecular complexity index is 441. The zero-order valence-corrected chi connectivity index (χ0v) is 8.42. The summed E-state index contributed by atoms with van der Waals surface area (Å²) >= 11 is 0. The van der Waals surface area contributed by atoms with Crippen molar-refractivity contribution in [3.63, 3.8) is 0 Å². The molecule has 0 bridgehead atoms. The molecule has 2 rings (SSSR count). The average Bonchev–Trinajstić information content (AvgIpc) is 2.59. The summed E-state index contributed by atoms with van der Waals surface area (Å²) in [5.74, 6) is 13.0. The van der Waals surface area contributed by atoms with E-state index in [-0.39, 0.29) is 0 Å². The van der Waals surface area contributed by atoms with Crippen molar-refractivity contribution in [3.8, 4) is 17.1 Å². The highest BCUT2D eigenvalue weighted by molar-refractivity contribution is 5.54. The second kappa shape index (κ2) is 3.53. The molecule has 0 amide bonds.